The number of rotatable bonds is 3. The zero-order chi connectivity index (χ0) is 14.2. The Hall–Kier alpha value is -0.800. The smallest absolute Gasteiger partial charge is 0.118 e. The maximum atomic E-state index is 6.21. The van der Waals surface area contributed by atoms with Gasteiger partial charge in [0, 0.05) is 13.1 Å². The van der Waals surface area contributed by atoms with Gasteiger partial charge in [0.1, 0.15) is 11.5 Å². The van der Waals surface area contributed by atoms with Crippen LogP contribution in [0.25, 0.3) is 0 Å². The molecule has 0 aliphatic carbocycles. The molecule has 0 aromatic carbocycles. The number of likely N-dealkylation sites (tertiary alicyclic amines) is 1. The average Bonchev–Trinajstić information content (AvgIpc) is 3.00. The molecule has 2 saturated heterocycles. The average molecular weight is 277 g/mol. The Morgan fingerprint density at radius 3 is 2.60 bits per heavy atom. The van der Waals surface area contributed by atoms with E-state index >= 15 is 0 Å². The molecule has 2 fully saturated rings. The lowest BCUT2D eigenvalue weighted by molar-refractivity contribution is -0.0460. The van der Waals surface area contributed by atoms with Crippen LogP contribution in [0.2, 0.25) is 0 Å². The Morgan fingerprint density at radius 1 is 1.30 bits per heavy atom. The standard InChI is InChI=1S/C17H27NO2/c1-13(2)15-10-17(19-12-15)6-8-18(9-7-17)11-16-5-4-14(3)20-16/h4-5,13,15H,6-12H2,1-3H3/t15-/m1/s1. The number of aryl methyl sites for hydroxylation is 1. The first-order valence-electron chi connectivity index (χ1n) is 7.98. The first-order chi connectivity index (χ1) is 9.56. The van der Waals surface area contributed by atoms with Crippen LogP contribution in [0.4, 0.5) is 0 Å². The first-order valence-corrected chi connectivity index (χ1v) is 7.98. The molecule has 0 radical (unpaired) electrons. The Kier molecular flexibility index (Phi) is 3.91. The van der Waals surface area contributed by atoms with Crippen molar-refractivity contribution in [3.05, 3.63) is 23.7 Å². The maximum absolute atomic E-state index is 6.21. The zero-order valence-electron chi connectivity index (χ0n) is 13.0. The third kappa shape index (κ3) is 2.94. The molecule has 2 aliphatic heterocycles. The molecule has 2 aliphatic rings. The largest absolute Gasteiger partial charge is 0.465 e. The van der Waals surface area contributed by atoms with Gasteiger partial charge in [-0.2, -0.15) is 0 Å². The highest BCUT2D eigenvalue weighted by molar-refractivity contribution is 5.06. The SMILES string of the molecule is Cc1ccc(CN2CCC3(CC2)C[C@@H](C(C)C)CO3)o1. The summed E-state index contributed by atoms with van der Waals surface area (Å²) in [5, 5.41) is 0. The van der Waals surface area contributed by atoms with Gasteiger partial charge in [-0.25, -0.2) is 0 Å². The van der Waals surface area contributed by atoms with E-state index in [1.807, 2.05) is 13.0 Å². The van der Waals surface area contributed by atoms with Crippen LogP contribution in [-0.2, 0) is 11.3 Å². The fourth-order valence-corrected chi connectivity index (χ4v) is 3.57. The second-order valence-corrected chi connectivity index (χ2v) is 6.99. The van der Waals surface area contributed by atoms with Gasteiger partial charge in [-0.1, -0.05) is 13.8 Å². The number of hydrogen-bond donors (Lipinski definition) is 0. The van der Waals surface area contributed by atoms with Gasteiger partial charge >= 0.3 is 0 Å². The molecule has 0 amide bonds. The van der Waals surface area contributed by atoms with Crippen molar-refractivity contribution in [3.63, 3.8) is 0 Å². The number of nitrogens with zero attached hydrogens (tertiary/aromatic N) is 1. The molecule has 0 unspecified atom stereocenters. The van der Waals surface area contributed by atoms with Crippen LogP contribution in [0.15, 0.2) is 16.5 Å². The summed E-state index contributed by atoms with van der Waals surface area (Å²) in [6.07, 6.45) is 3.62. The topological polar surface area (TPSA) is 25.6 Å². The van der Waals surface area contributed by atoms with E-state index < -0.39 is 0 Å². The Labute approximate surface area is 122 Å². The van der Waals surface area contributed by atoms with E-state index in [1.54, 1.807) is 0 Å². The van der Waals surface area contributed by atoms with Crippen LogP contribution < -0.4 is 0 Å². The zero-order valence-corrected chi connectivity index (χ0v) is 13.0. The molecular weight excluding hydrogens is 250 g/mol. The van der Waals surface area contributed by atoms with Crippen LogP contribution in [0.5, 0.6) is 0 Å². The highest BCUT2D eigenvalue weighted by atomic mass is 16.5. The fourth-order valence-electron chi connectivity index (χ4n) is 3.57. The second-order valence-electron chi connectivity index (χ2n) is 6.99. The van der Waals surface area contributed by atoms with Crippen molar-refractivity contribution in [2.75, 3.05) is 19.7 Å². The van der Waals surface area contributed by atoms with E-state index in [0.717, 1.165) is 49.6 Å². The summed E-state index contributed by atoms with van der Waals surface area (Å²) < 4.78 is 11.9. The van der Waals surface area contributed by atoms with E-state index in [0.29, 0.717) is 0 Å². The lowest BCUT2D eigenvalue weighted by Crippen LogP contribution is -2.43. The van der Waals surface area contributed by atoms with Crippen molar-refractivity contribution in [1.82, 2.24) is 4.90 Å². The van der Waals surface area contributed by atoms with Crippen molar-refractivity contribution in [3.8, 4) is 0 Å². The van der Waals surface area contributed by atoms with Crippen molar-refractivity contribution in [1.29, 1.82) is 0 Å². The number of furan rings is 1. The number of piperidine rings is 1. The minimum Gasteiger partial charge on any atom is -0.465 e. The van der Waals surface area contributed by atoms with E-state index in [9.17, 15) is 0 Å². The van der Waals surface area contributed by atoms with Crippen molar-refractivity contribution < 1.29 is 9.15 Å². The van der Waals surface area contributed by atoms with Gasteiger partial charge in [0.05, 0.1) is 18.8 Å². The summed E-state index contributed by atoms with van der Waals surface area (Å²) in [6.45, 7) is 10.8. The summed E-state index contributed by atoms with van der Waals surface area (Å²) >= 11 is 0. The molecule has 3 rings (SSSR count). The molecular formula is C17H27NO2. The van der Waals surface area contributed by atoms with E-state index in [2.05, 4.69) is 24.8 Å². The lowest BCUT2D eigenvalue weighted by Gasteiger charge is -2.38. The highest BCUT2D eigenvalue weighted by Crippen LogP contribution is 2.41. The predicted molar refractivity (Wildman–Crippen MR) is 79.6 cm³/mol. The van der Waals surface area contributed by atoms with Gasteiger partial charge in [-0.05, 0) is 50.2 Å². The van der Waals surface area contributed by atoms with Crippen LogP contribution in [0.3, 0.4) is 0 Å². The molecule has 20 heavy (non-hydrogen) atoms. The molecule has 0 N–H and O–H groups in total. The van der Waals surface area contributed by atoms with Crippen LogP contribution in [0.1, 0.15) is 44.6 Å². The molecule has 3 nitrogen and oxygen atoms in total. The molecule has 3 heteroatoms. The molecule has 0 saturated carbocycles. The molecule has 1 spiro atoms. The summed E-state index contributed by atoms with van der Waals surface area (Å²) in [6, 6.07) is 4.15. The Balaban J connectivity index is 1.52. The molecule has 3 heterocycles. The summed E-state index contributed by atoms with van der Waals surface area (Å²) in [5.41, 5.74) is 0.185. The lowest BCUT2D eigenvalue weighted by atomic mass is 9.82. The maximum Gasteiger partial charge on any atom is 0.118 e. The Morgan fingerprint density at radius 2 is 2.05 bits per heavy atom. The third-order valence-corrected chi connectivity index (χ3v) is 5.12. The van der Waals surface area contributed by atoms with E-state index in [1.165, 1.54) is 19.3 Å². The second kappa shape index (κ2) is 5.53. The molecule has 112 valence electrons. The Bertz CT molecular complexity index is 444. The van der Waals surface area contributed by atoms with Gasteiger partial charge in [0.15, 0.2) is 0 Å². The normalized spacial score (nSPS) is 26.7. The van der Waals surface area contributed by atoms with Crippen LogP contribution >= 0.6 is 0 Å². The molecule has 1 atom stereocenters. The summed E-state index contributed by atoms with van der Waals surface area (Å²) in [5.74, 6) is 3.60. The molecule has 1 aromatic rings. The van der Waals surface area contributed by atoms with Gasteiger partial charge in [-0.3, -0.25) is 4.90 Å². The minimum atomic E-state index is 0.185. The van der Waals surface area contributed by atoms with Crippen LogP contribution in [-0.4, -0.2) is 30.2 Å². The monoisotopic (exact) mass is 277 g/mol. The van der Waals surface area contributed by atoms with E-state index in [-0.39, 0.29) is 5.60 Å². The fraction of sp³-hybridized carbons (Fsp3) is 0.765. The quantitative estimate of drug-likeness (QED) is 0.844. The molecule has 0 bridgehead atoms. The number of hydrogen-bond acceptors (Lipinski definition) is 3. The van der Waals surface area contributed by atoms with Gasteiger partial charge in [-0.15, -0.1) is 0 Å². The number of ether oxygens (including phenoxy) is 1. The van der Waals surface area contributed by atoms with Crippen LogP contribution in [0, 0.1) is 18.8 Å². The van der Waals surface area contributed by atoms with Crippen molar-refractivity contribution in [2.24, 2.45) is 11.8 Å². The summed E-state index contributed by atoms with van der Waals surface area (Å²) in [4.78, 5) is 2.50. The third-order valence-electron chi connectivity index (χ3n) is 5.12. The van der Waals surface area contributed by atoms with Gasteiger partial charge in [0.2, 0.25) is 0 Å². The molecule has 1 aromatic heterocycles. The first kappa shape index (κ1) is 14.2. The summed E-state index contributed by atoms with van der Waals surface area (Å²) in [7, 11) is 0. The minimum absolute atomic E-state index is 0.185. The predicted octanol–water partition coefficient (Wildman–Crippen LogP) is 3.62. The van der Waals surface area contributed by atoms with Gasteiger partial charge < -0.3 is 9.15 Å². The van der Waals surface area contributed by atoms with Gasteiger partial charge in [0.25, 0.3) is 0 Å². The van der Waals surface area contributed by atoms with Crippen molar-refractivity contribution >= 4 is 0 Å². The highest BCUT2D eigenvalue weighted by Gasteiger charge is 2.43. The van der Waals surface area contributed by atoms with Crippen molar-refractivity contribution in [2.45, 2.75) is 52.2 Å². The van der Waals surface area contributed by atoms with E-state index in [4.69, 9.17) is 9.15 Å².